The molecule has 0 bridgehead atoms. The summed E-state index contributed by atoms with van der Waals surface area (Å²) in [5.41, 5.74) is 3.46. The second-order valence-corrected chi connectivity index (χ2v) is 4.11. The average Bonchev–Trinajstić information content (AvgIpc) is 2.35. The van der Waals surface area contributed by atoms with Gasteiger partial charge in [-0.15, -0.1) is 0 Å². The molecule has 2 N–H and O–H groups in total. The Bertz CT molecular complexity index is 594. The molecule has 4 nitrogen and oxygen atoms in total. The van der Waals surface area contributed by atoms with Crippen molar-refractivity contribution in [2.75, 3.05) is 5.32 Å². The normalized spacial score (nSPS) is 10.1. The summed E-state index contributed by atoms with van der Waals surface area (Å²) < 4.78 is 0. The lowest BCUT2D eigenvalue weighted by molar-refractivity contribution is 0.0697. The minimum Gasteiger partial charge on any atom is -0.478 e. The summed E-state index contributed by atoms with van der Waals surface area (Å²) in [5, 5.41) is 12.1. The number of rotatable bonds is 3. The van der Waals surface area contributed by atoms with Gasteiger partial charge in [-0.05, 0) is 43.2 Å². The van der Waals surface area contributed by atoms with Gasteiger partial charge in [0, 0.05) is 11.9 Å². The van der Waals surface area contributed by atoms with Gasteiger partial charge in [-0.3, -0.25) is 0 Å². The van der Waals surface area contributed by atoms with Crippen molar-refractivity contribution >= 4 is 17.5 Å². The van der Waals surface area contributed by atoms with Crippen molar-refractivity contribution in [3.8, 4) is 0 Å². The molecule has 0 radical (unpaired) electrons. The number of carboxylic acids is 1. The first-order valence-corrected chi connectivity index (χ1v) is 5.60. The largest absolute Gasteiger partial charge is 0.478 e. The van der Waals surface area contributed by atoms with Crippen LogP contribution in [0.25, 0.3) is 0 Å². The average molecular weight is 242 g/mol. The molecule has 0 fully saturated rings. The van der Waals surface area contributed by atoms with Crippen LogP contribution in [0.3, 0.4) is 0 Å². The Labute approximate surface area is 105 Å². The fraction of sp³-hybridized carbons (Fsp3) is 0.143. The fourth-order valence-corrected chi connectivity index (χ4v) is 1.66. The number of aryl methyl sites for hydroxylation is 1. The molecule has 92 valence electrons. The van der Waals surface area contributed by atoms with Gasteiger partial charge in [0.25, 0.3) is 0 Å². The van der Waals surface area contributed by atoms with Gasteiger partial charge in [-0.2, -0.15) is 0 Å². The van der Waals surface area contributed by atoms with Crippen LogP contribution in [0.4, 0.5) is 11.5 Å². The van der Waals surface area contributed by atoms with E-state index in [1.807, 2.05) is 32.0 Å². The van der Waals surface area contributed by atoms with E-state index < -0.39 is 5.97 Å². The van der Waals surface area contributed by atoms with E-state index in [1.54, 1.807) is 0 Å². The quantitative estimate of drug-likeness (QED) is 0.868. The summed E-state index contributed by atoms with van der Waals surface area (Å²) in [7, 11) is 0. The molecule has 0 atom stereocenters. The number of anilines is 2. The Morgan fingerprint density at radius 2 is 2.06 bits per heavy atom. The molecule has 0 spiro atoms. The van der Waals surface area contributed by atoms with Crippen LogP contribution in [0.5, 0.6) is 0 Å². The molecular formula is C14H14N2O2. The van der Waals surface area contributed by atoms with Gasteiger partial charge in [0.1, 0.15) is 5.82 Å². The van der Waals surface area contributed by atoms with Crippen molar-refractivity contribution in [3.05, 3.63) is 53.2 Å². The molecule has 0 saturated carbocycles. The zero-order chi connectivity index (χ0) is 13.1. The lowest BCUT2D eigenvalue weighted by atomic mass is 10.1. The van der Waals surface area contributed by atoms with Crippen LogP contribution in [0, 0.1) is 13.8 Å². The summed E-state index contributed by atoms with van der Waals surface area (Å²) in [4.78, 5) is 15.0. The Balaban J connectivity index is 2.31. The second kappa shape index (κ2) is 4.87. The first-order chi connectivity index (χ1) is 8.58. The molecule has 0 saturated heterocycles. The third kappa shape index (κ3) is 2.48. The summed E-state index contributed by atoms with van der Waals surface area (Å²) in [6.07, 6.45) is 1.48. The van der Waals surface area contributed by atoms with Crippen molar-refractivity contribution < 1.29 is 9.90 Å². The van der Waals surface area contributed by atoms with Crippen LogP contribution >= 0.6 is 0 Å². The van der Waals surface area contributed by atoms with Crippen LogP contribution in [-0.4, -0.2) is 16.1 Å². The fourth-order valence-electron chi connectivity index (χ4n) is 1.66. The Morgan fingerprint density at radius 3 is 2.78 bits per heavy atom. The smallest absolute Gasteiger partial charge is 0.335 e. The number of benzene rings is 1. The molecule has 18 heavy (non-hydrogen) atoms. The lowest BCUT2D eigenvalue weighted by Crippen LogP contribution is -2.01. The maximum Gasteiger partial charge on any atom is 0.335 e. The monoisotopic (exact) mass is 242 g/mol. The van der Waals surface area contributed by atoms with Gasteiger partial charge in [-0.1, -0.05) is 12.1 Å². The highest BCUT2D eigenvalue weighted by Crippen LogP contribution is 2.21. The number of pyridine rings is 1. The molecule has 0 aliphatic heterocycles. The number of aromatic carboxylic acids is 1. The number of nitrogens with one attached hydrogen (secondary N) is 1. The zero-order valence-corrected chi connectivity index (χ0v) is 10.3. The van der Waals surface area contributed by atoms with Crippen molar-refractivity contribution in [3.63, 3.8) is 0 Å². The van der Waals surface area contributed by atoms with Gasteiger partial charge in [0.15, 0.2) is 0 Å². The van der Waals surface area contributed by atoms with Crippen LogP contribution in [0.1, 0.15) is 21.5 Å². The van der Waals surface area contributed by atoms with E-state index in [0.717, 1.165) is 11.3 Å². The van der Waals surface area contributed by atoms with Crippen LogP contribution < -0.4 is 5.32 Å². The van der Waals surface area contributed by atoms with Crippen molar-refractivity contribution in [1.29, 1.82) is 0 Å². The van der Waals surface area contributed by atoms with Gasteiger partial charge in [0.05, 0.1) is 5.56 Å². The van der Waals surface area contributed by atoms with Gasteiger partial charge in [0.2, 0.25) is 0 Å². The van der Waals surface area contributed by atoms with Crippen LogP contribution in [0.15, 0.2) is 36.5 Å². The molecule has 1 heterocycles. The second-order valence-electron chi connectivity index (χ2n) is 4.11. The highest BCUT2D eigenvalue weighted by Gasteiger charge is 2.06. The summed E-state index contributed by atoms with van der Waals surface area (Å²) >= 11 is 0. The first kappa shape index (κ1) is 12.1. The molecule has 2 aromatic rings. The molecule has 0 aliphatic rings. The summed E-state index contributed by atoms with van der Waals surface area (Å²) in [6.45, 7) is 4.04. The summed E-state index contributed by atoms with van der Waals surface area (Å²) in [6, 6.07) is 8.91. The number of aromatic nitrogens is 1. The number of nitrogens with zero attached hydrogens (tertiary/aromatic N) is 1. The maximum absolute atomic E-state index is 10.9. The Kier molecular flexibility index (Phi) is 3.28. The Morgan fingerprint density at radius 1 is 1.28 bits per heavy atom. The van der Waals surface area contributed by atoms with E-state index in [0.29, 0.717) is 5.82 Å². The third-order valence-electron chi connectivity index (χ3n) is 2.87. The van der Waals surface area contributed by atoms with Crippen molar-refractivity contribution in [2.45, 2.75) is 13.8 Å². The number of hydrogen-bond donors (Lipinski definition) is 2. The number of hydrogen-bond acceptors (Lipinski definition) is 3. The minimum atomic E-state index is -0.957. The molecule has 2 rings (SSSR count). The Hall–Kier alpha value is -2.36. The van der Waals surface area contributed by atoms with Crippen molar-refractivity contribution in [2.24, 2.45) is 0 Å². The topological polar surface area (TPSA) is 62.2 Å². The predicted octanol–water partition coefficient (Wildman–Crippen LogP) is 3.14. The van der Waals surface area contributed by atoms with Crippen molar-refractivity contribution in [1.82, 2.24) is 4.98 Å². The SMILES string of the molecule is Cc1cccc(Nc2cc(C(=O)O)ccn2)c1C. The predicted molar refractivity (Wildman–Crippen MR) is 70.4 cm³/mol. The third-order valence-corrected chi connectivity index (χ3v) is 2.87. The standard InChI is InChI=1S/C14H14N2O2/c1-9-4-3-5-12(10(9)2)16-13-8-11(14(17)18)6-7-15-13/h3-8H,1-2H3,(H,15,16)(H,17,18). The highest BCUT2D eigenvalue weighted by molar-refractivity contribution is 5.88. The summed E-state index contributed by atoms with van der Waals surface area (Å²) in [5.74, 6) is -0.426. The van der Waals surface area contributed by atoms with Gasteiger partial charge >= 0.3 is 5.97 Å². The molecule has 1 aromatic heterocycles. The molecule has 1 aromatic carbocycles. The molecule has 0 unspecified atom stereocenters. The van der Waals surface area contributed by atoms with E-state index in [-0.39, 0.29) is 5.56 Å². The molecule has 0 aliphatic carbocycles. The first-order valence-electron chi connectivity index (χ1n) is 5.60. The molecular weight excluding hydrogens is 228 g/mol. The van der Waals surface area contributed by atoms with E-state index in [2.05, 4.69) is 10.3 Å². The van der Waals surface area contributed by atoms with E-state index in [9.17, 15) is 4.79 Å². The van der Waals surface area contributed by atoms with Gasteiger partial charge in [-0.25, -0.2) is 9.78 Å². The van der Waals surface area contributed by atoms with E-state index in [1.165, 1.54) is 23.9 Å². The number of carbonyl (C=O) groups is 1. The molecule has 0 amide bonds. The molecule has 4 heteroatoms. The number of carboxylic acid groups (broad SMARTS) is 1. The van der Waals surface area contributed by atoms with Crippen LogP contribution in [0.2, 0.25) is 0 Å². The maximum atomic E-state index is 10.9. The highest BCUT2D eigenvalue weighted by atomic mass is 16.4. The van der Waals surface area contributed by atoms with E-state index in [4.69, 9.17) is 5.11 Å². The van der Waals surface area contributed by atoms with E-state index >= 15 is 0 Å². The minimum absolute atomic E-state index is 0.220. The zero-order valence-electron chi connectivity index (χ0n) is 10.3. The lowest BCUT2D eigenvalue weighted by Gasteiger charge is -2.10. The van der Waals surface area contributed by atoms with Gasteiger partial charge < -0.3 is 10.4 Å². The van der Waals surface area contributed by atoms with Crippen LogP contribution in [-0.2, 0) is 0 Å².